The molecule has 0 bridgehead atoms. The van der Waals surface area contributed by atoms with Crippen LogP contribution in [0.2, 0.25) is 0 Å². The molecule has 0 unspecified atom stereocenters. The number of nitrogens with one attached hydrogen (secondary N) is 1. The summed E-state index contributed by atoms with van der Waals surface area (Å²) in [7, 11) is 0. The SMILES string of the molecule is CCOC(=O)c1csc2nc(N)nc(N3CCN(C(=O)CCc4nc5ccccc5[nH]4)CC3)c12. The van der Waals surface area contributed by atoms with Crippen LogP contribution < -0.4 is 10.6 Å². The molecule has 0 aliphatic carbocycles. The van der Waals surface area contributed by atoms with E-state index in [4.69, 9.17) is 10.5 Å². The zero-order chi connectivity index (χ0) is 23.7. The van der Waals surface area contributed by atoms with Gasteiger partial charge in [0.25, 0.3) is 0 Å². The fourth-order valence-corrected chi connectivity index (χ4v) is 5.11. The van der Waals surface area contributed by atoms with E-state index in [1.165, 1.54) is 11.3 Å². The van der Waals surface area contributed by atoms with Crippen LogP contribution >= 0.6 is 11.3 Å². The molecule has 0 spiro atoms. The number of ether oxygens (including phenoxy) is 1. The fourth-order valence-electron chi connectivity index (χ4n) is 4.20. The third-order valence-electron chi connectivity index (χ3n) is 5.87. The lowest BCUT2D eigenvalue weighted by Gasteiger charge is -2.35. The third kappa shape index (κ3) is 4.26. The van der Waals surface area contributed by atoms with Gasteiger partial charge >= 0.3 is 5.97 Å². The van der Waals surface area contributed by atoms with Crippen LogP contribution in [0.25, 0.3) is 21.3 Å². The predicted octanol–water partition coefficient (Wildman–Crippen LogP) is 2.61. The summed E-state index contributed by atoms with van der Waals surface area (Å²) in [6.07, 6.45) is 0.955. The van der Waals surface area contributed by atoms with E-state index in [0.29, 0.717) is 60.6 Å². The summed E-state index contributed by atoms with van der Waals surface area (Å²) in [5.41, 5.74) is 8.27. The quantitative estimate of drug-likeness (QED) is 0.404. The normalized spacial score (nSPS) is 14.1. The van der Waals surface area contributed by atoms with Gasteiger partial charge in [-0.3, -0.25) is 4.79 Å². The highest BCUT2D eigenvalue weighted by atomic mass is 32.1. The van der Waals surface area contributed by atoms with Crippen LogP contribution in [0, 0.1) is 0 Å². The molecule has 11 heteroatoms. The summed E-state index contributed by atoms with van der Waals surface area (Å²) in [4.78, 5) is 46.4. The van der Waals surface area contributed by atoms with Gasteiger partial charge in [0, 0.05) is 44.4 Å². The minimum absolute atomic E-state index is 0.0928. The van der Waals surface area contributed by atoms with Crippen molar-refractivity contribution < 1.29 is 14.3 Å². The number of thiophene rings is 1. The molecule has 0 saturated carbocycles. The second-order valence-electron chi connectivity index (χ2n) is 8.02. The van der Waals surface area contributed by atoms with Crippen molar-refractivity contribution in [3.05, 3.63) is 41.0 Å². The highest BCUT2D eigenvalue weighted by molar-refractivity contribution is 7.17. The van der Waals surface area contributed by atoms with Crippen LogP contribution in [0.5, 0.6) is 0 Å². The molecular weight excluding hydrogens is 454 g/mol. The molecule has 1 saturated heterocycles. The van der Waals surface area contributed by atoms with Crippen molar-refractivity contribution >= 4 is 56.2 Å². The first-order valence-electron chi connectivity index (χ1n) is 11.2. The Hall–Kier alpha value is -3.73. The average molecular weight is 480 g/mol. The molecule has 4 heterocycles. The number of para-hydroxylation sites is 2. The van der Waals surface area contributed by atoms with Crippen molar-refractivity contribution in [2.75, 3.05) is 43.4 Å². The lowest BCUT2D eigenvalue weighted by atomic mass is 10.2. The maximum Gasteiger partial charge on any atom is 0.339 e. The van der Waals surface area contributed by atoms with Crippen molar-refractivity contribution in [3.8, 4) is 0 Å². The Labute approximate surface area is 199 Å². The number of nitrogens with zero attached hydrogens (tertiary/aromatic N) is 5. The Morgan fingerprint density at radius 2 is 1.94 bits per heavy atom. The summed E-state index contributed by atoms with van der Waals surface area (Å²) in [5, 5.41) is 2.39. The molecule has 1 amide bonds. The van der Waals surface area contributed by atoms with Gasteiger partial charge in [-0.2, -0.15) is 4.98 Å². The van der Waals surface area contributed by atoms with Crippen molar-refractivity contribution in [1.82, 2.24) is 24.8 Å². The van der Waals surface area contributed by atoms with Gasteiger partial charge in [0.05, 0.1) is 28.6 Å². The molecule has 1 aliphatic heterocycles. The highest BCUT2D eigenvalue weighted by Gasteiger charge is 2.27. The number of benzene rings is 1. The van der Waals surface area contributed by atoms with Gasteiger partial charge < -0.3 is 25.3 Å². The molecule has 0 atom stereocenters. The number of H-pyrrole nitrogens is 1. The molecule has 10 nitrogen and oxygen atoms in total. The van der Waals surface area contributed by atoms with Crippen molar-refractivity contribution in [3.63, 3.8) is 0 Å². The number of esters is 1. The van der Waals surface area contributed by atoms with Crippen LogP contribution in [0.4, 0.5) is 11.8 Å². The predicted molar refractivity (Wildman–Crippen MR) is 131 cm³/mol. The molecule has 176 valence electrons. The van der Waals surface area contributed by atoms with E-state index in [1.807, 2.05) is 29.2 Å². The largest absolute Gasteiger partial charge is 0.462 e. The summed E-state index contributed by atoms with van der Waals surface area (Å²) in [6, 6.07) is 7.83. The Morgan fingerprint density at radius 3 is 2.71 bits per heavy atom. The number of imidazole rings is 1. The summed E-state index contributed by atoms with van der Waals surface area (Å²) < 4.78 is 5.20. The Morgan fingerprint density at radius 1 is 1.15 bits per heavy atom. The number of hydrogen-bond acceptors (Lipinski definition) is 9. The minimum atomic E-state index is -0.400. The topological polar surface area (TPSA) is 130 Å². The number of carbonyl (C=O) groups is 2. The first-order valence-corrected chi connectivity index (χ1v) is 12.1. The minimum Gasteiger partial charge on any atom is -0.462 e. The van der Waals surface area contributed by atoms with Gasteiger partial charge in [0.1, 0.15) is 16.5 Å². The van der Waals surface area contributed by atoms with E-state index in [2.05, 4.69) is 24.8 Å². The van der Waals surface area contributed by atoms with Gasteiger partial charge in [-0.05, 0) is 19.1 Å². The molecule has 5 rings (SSSR count). The lowest BCUT2D eigenvalue weighted by Crippen LogP contribution is -2.49. The average Bonchev–Trinajstić information content (AvgIpc) is 3.46. The van der Waals surface area contributed by atoms with E-state index in [0.717, 1.165) is 16.9 Å². The summed E-state index contributed by atoms with van der Waals surface area (Å²) in [6.45, 7) is 4.34. The van der Waals surface area contributed by atoms with Crippen LogP contribution in [0.3, 0.4) is 0 Å². The van der Waals surface area contributed by atoms with Crippen molar-refractivity contribution in [2.45, 2.75) is 19.8 Å². The van der Waals surface area contributed by atoms with E-state index >= 15 is 0 Å². The van der Waals surface area contributed by atoms with Gasteiger partial charge in [0.2, 0.25) is 11.9 Å². The number of piperazine rings is 1. The van der Waals surface area contributed by atoms with E-state index in [9.17, 15) is 9.59 Å². The number of rotatable bonds is 6. The van der Waals surface area contributed by atoms with Gasteiger partial charge in [-0.15, -0.1) is 11.3 Å². The number of hydrogen-bond donors (Lipinski definition) is 2. The molecule has 1 fully saturated rings. The number of fused-ring (bicyclic) bond motifs is 2. The summed E-state index contributed by atoms with van der Waals surface area (Å²) in [5.74, 6) is 1.28. The highest BCUT2D eigenvalue weighted by Crippen LogP contribution is 2.33. The van der Waals surface area contributed by atoms with Crippen molar-refractivity contribution in [1.29, 1.82) is 0 Å². The zero-order valence-electron chi connectivity index (χ0n) is 18.8. The van der Waals surface area contributed by atoms with Crippen LogP contribution in [0.15, 0.2) is 29.6 Å². The number of carbonyl (C=O) groups excluding carboxylic acids is 2. The van der Waals surface area contributed by atoms with Gasteiger partial charge in [-0.1, -0.05) is 12.1 Å². The smallest absolute Gasteiger partial charge is 0.339 e. The number of amides is 1. The van der Waals surface area contributed by atoms with E-state index in [-0.39, 0.29) is 18.5 Å². The van der Waals surface area contributed by atoms with Crippen LogP contribution in [-0.4, -0.2) is 69.5 Å². The standard InChI is InChI=1S/C23H25N7O3S/c1-2-33-22(32)14-13-34-21-19(14)20(27-23(24)28-21)30-11-9-29(10-12-30)18(31)8-7-17-25-15-5-3-4-6-16(15)26-17/h3-6,13H,2,7-12H2,1H3,(H,25,26)(H2,24,27,28). The molecule has 1 aromatic carbocycles. The fraction of sp³-hybridized carbons (Fsp3) is 0.348. The van der Waals surface area contributed by atoms with Gasteiger partial charge in [-0.25, -0.2) is 14.8 Å². The van der Waals surface area contributed by atoms with Crippen molar-refractivity contribution in [2.24, 2.45) is 0 Å². The number of aromatic amines is 1. The Kier molecular flexibility index (Phi) is 6.01. The Bertz CT molecular complexity index is 1320. The maximum atomic E-state index is 12.8. The lowest BCUT2D eigenvalue weighted by molar-refractivity contribution is -0.131. The molecule has 3 N–H and O–H groups in total. The maximum absolute atomic E-state index is 12.8. The van der Waals surface area contributed by atoms with Crippen LogP contribution in [0.1, 0.15) is 29.5 Å². The second-order valence-corrected chi connectivity index (χ2v) is 8.88. The summed E-state index contributed by atoms with van der Waals surface area (Å²) >= 11 is 1.34. The molecule has 3 aromatic heterocycles. The number of nitrogens with two attached hydrogens (primary N) is 1. The van der Waals surface area contributed by atoms with Gasteiger partial charge in [0.15, 0.2) is 0 Å². The molecule has 34 heavy (non-hydrogen) atoms. The molecule has 1 aliphatic rings. The second kappa shape index (κ2) is 9.26. The van der Waals surface area contributed by atoms with E-state index in [1.54, 1.807) is 12.3 Å². The number of nitrogen functional groups attached to an aromatic ring is 1. The number of anilines is 2. The number of aromatic nitrogens is 4. The van der Waals surface area contributed by atoms with E-state index < -0.39 is 5.97 Å². The molecular formula is C23H25N7O3S. The zero-order valence-corrected chi connectivity index (χ0v) is 19.6. The molecule has 0 radical (unpaired) electrons. The Balaban J connectivity index is 1.26. The third-order valence-corrected chi connectivity index (χ3v) is 6.75. The monoisotopic (exact) mass is 479 g/mol. The molecule has 4 aromatic rings. The first kappa shape index (κ1) is 22.1. The number of aryl methyl sites for hydroxylation is 1. The first-order chi connectivity index (χ1) is 16.5. The van der Waals surface area contributed by atoms with Crippen LogP contribution in [-0.2, 0) is 16.0 Å².